The molecule has 0 saturated heterocycles. The molecule has 0 aliphatic carbocycles. The number of nitrogens with zero attached hydrogens (tertiary/aromatic N) is 2. The summed E-state index contributed by atoms with van der Waals surface area (Å²) >= 11 is 0. The van der Waals surface area contributed by atoms with Gasteiger partial charge < -0.3 is 10.6 Å². The number of nitrogens with one attached hydrogen (secondary N) is 2. The van der Waals surface area contributed by atoms with Crippen LogP contribution in [0.2, 0.25) is 0 Å². The van der Waals surface area contributed by atoms with Gasteiger partial charge >= 0.3 is 6.18 Å². The van der Waals surface area contributed by atoms with Crippen molar-refractivity contribution in [2.75, 3.05) is 24.2 Å². The number of hydrogen-bond acceptors (Lipinski definition) is 4. The third kappa shape index (κ3) is 4.81. The summed E-state index contributed by atoms with van der Waals surface area (Å²) < 4.78 is 35.5. The van der Waals surface area contributed by atoms with Crippen molar-refractivity contribution in [1.82, 2.24) is 9.97 Å². The lowest BCUT2D eigenvalue weighted by Crippen LogP contribution is -2.11. The molecule has 1 rings (SSSR count). The number of hydrogen-bond donors (Lipinski definition) is 2. The third-order valence-electron chi connectivity index (χ3n) is 1.87. The van der Waals surface area contributed by atoms with Crippen LogP contribution >= 0.6 is 0 Å². The maximum Gasteiger partial charge on any atom is 0.389 e. The highest BCUT2D eigenvalue weighted by molar-refractivity contribution is 5.45. The molecule has 7 heteroatoms. The normalized spacial score (nSPS) is 11.2. The van der Waals surface area contributed by atoms with Crippen LogP contribution in [0.15, 0.2) is 12.4 Å². The van der Waals surface area contributed by atoms with Gasteiger partial charge in [0.15, 0.2) is 0 Å². The Morgan fingerprint density at radius 3 is 2.56 bits per heavy atom. The lowest BCUT2D eigenvalue weighted by atomic mass is 10.3. The minimum atomic E-state index is -4.09. The third-order valence-corrected chi connectivity index (χ3v) is 1.87. The Hall–Kier alpha value is -1.53. The summed E-state index contributed by atoms with van der Waals surface area (Å²) in [5, 5.41) is 5.61. The van der Waals surface area contributed by atoms with Crippen molar-refractivity contribution < 1.29 is 13.2 Å². The molecule has 1 heterocycles. The SMILES string of the molecule is CNc1cc(NCCCC(F)(F)F)ncn1. The molecular formula is C9H13F3N4. The van der Waals surface area contributed by atoms with E-state index in [1.54, 1.807) is 13.1 Å². The smallest absolute Gasteiger partial charge is 0.373 e. The lowest BCUT2D eigenvalue weighted by molar-refractivity contribution is -0.134. The molecule has 16 heavy (non-hydrogen) atoms. The summed E-state index contributed by atoms with van der Waals surface area (Å²) in [7, 11) is 1.70. The number of anilines is 2. The second-order valence-electron chi connectivity index (χ2n) is 3.18. The van der Waals surface area contributed by atoms with E-state index in [1.807, 2.05) is 0 Å². The van der Waals surface area contributed by atoms with Crippen molar-refractivity contribution in [3.05, 3.63) is 12.4 Å². The van der Waals surface area contributed by atoms with Gasteiger partial charge in [-0.15, -0.1) is 0 Å². The van der Waals surface area contributed by atoms with Crippen LogP contribution in [0.25, 0.3) is 0 Å². The number of rotatable bonds is 5. The summed E-state index contributed by atoms with van der Waals surface area (Å²) in [5.41, 5.74) is 0. The average molecular weight is 234 g/mol. The van der Waals surface area contributed by atoms with Gasteiger partial charge in [-0.25, -0.2) is 9.97 Å². The van der Waals surface area contributed by atoms with Crippen LogP contribution in [-0.4, -0.2) is 29.7 Å². The molecule has 0 spiro atoms. The Labute approximate surface area is 91.3 Å². The first-order chi connectivity index (χ1) is 7.51. The van der Waals surface area contributed by atoms with E-state index >= 15 is 0 Å². The van der Waals surface area contributed by atoms with E-state index in [9.17, 15) is 13.2 Å². The topological polar surface area (TPSA) is 49.8 Å². The molecule has 4 nitrogen and oxygen atoms in total. The molecule has 0 aliphatic heterocycles. The van der Waals surface area contributed by atoms with E-state index in [-0.39, 0.29) is 13.0 Å². The zero-order valence-electron chi connectivity index (χ0n) is 8.80. The van der Waals surface area contributed by atoms with Crippen LogP contribution in [0.1, 0.15) is 12.8 Å². The summed E-state index contributed by atoms with van der Waals surface area (Å²) in [4.78, 5) is 7.76. The van der Waals surface area contributed by atoms with Crippen molar-refractivity contribution in [1.29, 1.82) is 0 Å². The van der Waals surface area contributed by atoms with Gasteiger partial charge in [-0.3, -0.25) is 0 Å². The van der Waals surface area contributed by atoms with Crippen LogP contribution in [-0.2, 0) is 0 Å². The minimum absolute atomic E-state index is 0.0301. The number of aromatic nitrogens is 2. The van der Waals surface area contributed by atoms with Gasteiger partial charge in [0, 0.05) is 26.1 Å². The van der Waals surface area contributed by atoms with E-state index in [2.05, 4.69) is 20.6 Å². The summed E-state index contributed by atoms with van der Waals surface area (Å²) in [6.07, 6.45) is -3.51. The maximum absolute atomic E-state index is 11.8. The molecule has 0 aromatic carbocycles. The standard InChI is InChI=1S/C9H13F3N4/c1-13-7-5-8(16-6-15-7)14-4-2-3-9(10,11)12/h5-6H,2-4H2,1H3,(H2,13,14,15,16). The lowest BCUT2D eigenvalue weighted by Gasteiger charge is -2.08. The van der Waals surface area contributed by atoms with E-state index in [4.69, 9.17) is 0 Å². The van der Waals surface area contributed by atoms with E-state index < -0.39 is 12.6 Å². The Morgan fingerprint density at radius 1 is 1.25 bits per heavy atom. The molecule has 0 bridgehead atoms. The van der Waals surface area contributed by atoms with Gasteiger partial charge in [-0.2, -0.15) is 13.2 Å². The predicted octanol–water partition coefficient (Wildman–Crippen LogP) is 2.27. The van der Waals surface area contributed by atoms with Gasteiger partial charge in [0.05, 0.1) is 0 Å². The first-order valence-electron chi connectivity index (χ1n) is 4.82. The van der Waals surface area contributed by atoms with Crippen LogP contribution in [0, 0.1) is 0 Å². The summed E-state index contributed by atoms with van der Waals surface area (Å²) in [5.74, 6) is 1.13. The molecule has 1 aromatic rings. The van der Waals surface area contributed by atoms with Gasteiger partial charge in [-0.05, 0) is 6.42 Å². The molecule has 0 aliphatic rings. The van der Waals surface area contributed by atoms with Crippen LogP contribution in [0.5, 0.6) is 0 Å². The highest BCUT2D eigenvalue weighted by Gasteiger charge is 2.25. The number of halogens is 3. The van der Waals surface area contributed by atoms with Crippen molar-refractivity contribution >= 4 is 11.6 Å². The summed E-state index contributed by atoms with van der Waals surface area (Å²) in [6, 6.07) is 1.63. The molecule has 2 N–H and O–H groups in total. The Balaban J connectivity index is 2.32. The van der Waals surface area contributed by atoms with Gasteiger partial charge in [0.25, 0.3) is 0 Å². The molecule has 0 radical (unpaired) electrons. The zero-order valence-corrected chi connectivity index (χ0v) is 8.80. The number of alkyl halides is 3. The van der Waals surface area contributed by atoms with Crippen LogP contribution in [0.4, 0.5) is 24.8 Å². The van der Waals surface area contributed by atoms with Crippen molar-refractivity contribution in [2.24, 2.45) is 0 Å². The van der Waals surface area contributed by atoms with Gasteiger partial charge in [0.1, 0.15) is 18.0 Å². The van der Waals surface area contributed by atoms with Crippen molar-refractivity contribution in [2.45, 2.75) is 19.0 Å². The van der Waals surface area contributed by atoms with Gasteiger partial charge in [-0.1, -0.05) is 0 Å². The molecule has 0 unspecified atom stereocenters. The van der Waals surface area contributed by atoms with Crippen molar-refractivity contribution in [3.8, 4) is 0 Å². The fraction of sp³-hybridized carbons (Fsp3) is 0.556. The van der Waals surface area contributed by atoms with E-state index in [1.165, 1.54) is 6.33 Å². The summed E-state index contributed by atoms with van der Waals surface area (Å²) in [6.45, 7) is 0.236. The van der Waals surface area contributed by atoms with Crippen LogP contribution in [0.3, 0.4) is 0 Å². The highest BCUT2D eigenvalue weighted by Crippen LogP contribution is 2.21. The van der Waals surface area contributed by atoms with Gasteiger partial charge in [0.2, 0.25) is 0 Å². The Morgan fingerprint density at radius 2 is 1.94 bits per heavy atom. The first-order valence-corrected chi connectivity index (χ1v) is 4.82. The fourth-order valence-electron chi connectivity index (χ4n) is 1.10. The Kier molecular flexibility index (Phi) is 4.33. The van der Waals surface area contributed by atoms with E-state index in [0.717, 1.165) is 0 Å². The van der Waals surface area contributed by atoms with E-state index in [0.29, 0.717) is 11.6 Å². The Bertz CT molecular complexity index is 327. The molecule has 1 aromatic heterocycles. The molecule has 0 atom stereocenters. The largest absolute Gasteiger partial charge is 0.389 e. The molecule has 0 saturated carbocycles. The maximum atomic E-state index is 11.8. The fourth-order valence-corrected chi connectivity index (χ4v) is 1.10. The first kappa shape index (κ1) is 12.5. The molecule has 0 fully saturated rings. The predicted molar refractivity (Wildman–Crippen MR) is 55.4 cm³/mol. The quantitative estimate of drug-likeness (QED) is 0.767. The van der Waals surface area contributed by atoms with Crippen LogP contribution < -0.4 is 10.6 Å². The van der Waals surface area contributed by atoms with Crippen molar-refractivity contribution in [3.63, 3.8) is 0 Å². The highest BCUT2D eigenvalue weighted by atomic mass is 19.4. The molecular weight excluding hydrogens is 221 g/mol. The second-order valence-corrected chi connectivity index (χ2v) is 3.18. The zero-order chi connectivity index (χ0) is 12.0. The minimum Gasteiger partial charge on any atom is -0.373 e. The average Bonchev–Trinajstić information content (AvgIpc) is 2.23. The monoisotopic (exact) mass is 234 g/mol. The molecule has 90 valence electrons. The second kappa shape index (κ2) is 5.53. The molecule has 0 amide bonds.